The summed E-state index contributed by atoms with van der Waals surface area (Å²) in [6.45, 7) is 2.18. The fourth-order valence-electron chi connectivity index (χ4n) is 2.19. The summed E-state index contributed by atoms with van der Waals surface area (Å²) in [6.07, 6.45) is -0.793. The van der Waals surface area contributed by atoms with E-state index in [1.165, 1.54) is 6.07 Å². The summed E-state index contributed by atoms with van der Waals surface area (Å²) in [7, 11) is 1.55. The molecule has 1 unspecified atom stereocenters. The van der Waals surface area contributed by atoms with Crippen LogP contribution in [0.3, 0.4) is 0 Å². The first-order chi connectivity index (χ1) is 11.7. The van der Waals surface area contributed by atoms with Crippen molar-refractivity contribution >= 4 is 0 Å². The molecule has 0 aliphatic carbocycles. The first kappa shape index (κ1) is 18.2. The van der Waals surface area contributed by atoms with Crippen molar-refractivity contribution < 1.29 is 23.7 Å². The van der Waals surface area contributed by atoms with Gasteiger partial charge in [-0.25, -0.2) is 0 Å². The number of aryl methyl sites for hydroxylation is 1. The zero-order valence-corrected chi connectivity index (χ0v) is 13.9. The normalized spacial score (nSPS) is 12.1. The van der Waals surface area contributed by atoms with Crippen molar-refractivity contribution in [1.82, 2.24) is 0 Å². The topological polar surface area (TPSA) is 78.1 Å². The maximum absolute atomic E-state index is 12.3. The standard InChI is InChI=1S/C18H22O6/c1-13-10-15(20)17(23-12-14-6-4-3-5-7-14)18(24-13)16(11-19)22-9-8-21-2/h3-7,10,16,19H,8-9,11-12H2,1-2H3. The van der Waals surface area contributed by atoms with Gasteiger partial charge in [-0.05, 0) is 12.5 Å². The molecule has 6 heteroatoms. The lowest BCUT2D eigenvalue weighted by Gasteiger charge is -2.18. The summed E-state index contributed by atoms with van der Waals surface area (Å²) >= 11 is 0. The van der Waals surface area contributed by atoms with Crippen molar-refractivity contribution in [2.75, 3.05) is 26.9 Å². The van der Waals surface area contributed by atoms with Crippen LogP contribution in [0.4, 0.5) is 0 Å². The van der Waals surface area contributed by atoms with Gasteiger partial charge in [0.15, 0.2) is 5.76 Å². The van der Waals surface area contributed by atoms with Crippen LogP contribution < -0.4 is 10.2 Å². The molecule has 2 aromatic rings. The molecule has 0 aliphatic heterocycles. The quantitative estimate of drug-likeness (QED) is 0.709. The zero-order valence-electron chi connectivity index (χ0n) is 13.9. The number of ether oxygens (including phenoxy) is 3. The Kier molecular flexibility index (Phi) is 6.99. The highest BCUT2D eigenvalue weighted by molar-refractivity contribution is 5.29. The highest BCUT2D eigenvalue weighted by Crippen LogP contribution is 2.26. The van der Waals surface area contributed by atoms with Crippen molar-refractivity contribution in [3.05, 3.63) is 63.7 Å². The van der Waals surface area contributed by atoms with Gasteiger partial charge in [-0.15, -0.1) is 0 Å². The van der Waals surface area contributed by atoms with E-state index >= 15 is 0 Å². The van der Waals surface area contributed by atoms with E-state index in [-0.39, 0.29) is 36.8 Å². The van der Waals surface area contributed by atoms with Gasteiger partial charge in [0.25, 0.3) is 0 Å². The van der Waals surface area contributed by atoms with Crippen LogP contribution in [0.15, 0.2) is 45.6 Å². The van der Waals surface area contributed by atoms with Gasteiger partial charge in [-0.3, -0.25) is 4.79 Å². The first-order valence-electron chi connectivity index (χ1n) is 7.68. The zero-order chi connectivity index (χ0) is 17.4. The number of aliphatic hydroxyl groups is 1. The number of rotatable bonds is 9. The van der Waals surface area contributed by atoms with Crippen molar-refractivity contribution in [1.29, 1.82) is 0 Å². The maximum atomic E-state index is 12.3. The molecule has 0 saturated heterocycles. The monoisotopic (exact) mass is 334 g/mol. The van der Waals surface area contributed by atoms with Crippen molar-refractivity contribution in [3.8, 4) is 5.75 Å². The lowest BCUT2D eigenvalue weighted by molar-refractivity contribution is -0.0255. The Morgan fingerprint density at radius 1 is 1.21 bits per heavy atom. The summed E-state index contributed by atoms with van der Waals surface area (Å²) in [4.78, 5) is 12.3. The molecular weight excluding hydrogens is 312 g/mol. The summed E-state index contributed by atoms with van der Waals surface area (Å²) in [6, 6.07) is 10.8. The Morgan fingerprint density at radius 2 is 1.96 bits per heavy atom. The molecule has 6 nitrogen and oxygen atoms in total. The molecule has 1 heterocycles. The van der Waals surface area contributed by atoms with Crippen molar-refractivity contribution in [3.63, 3.8) is 0 Å². The third kappa shape index (κ3) is 4.92. The van der Waals surface area contributed by atoms with E-state index in [9.17, 15) is 9.90 Å². The Bertz CT molecular complexity index is 680. The van der Waals surface area contributed by atoms with Crippen molar-refractivity contribution in [2.45, 2.75) is 19.6 Å². The van der Waals surface area contributed by atoms with Gasteiger partial charge in [0, 0.05) is 13.2 Å². The predicted molar refractivity (Wildman–Crippen MR) is 88.1 cm³/mol. The number of methoxy groups -OCH3 is 1. The van der Waals surface area contributed by atoms with Crippen molar-refractivity contribution in [2.24, 2.45) is 0 Å². The van der Waals surface area contributed by atoms with Gasteiger partial charge < -0.3 is 23.7 Å². The van der Waals surface area contributed by atoms with Crippen LogP contribution in [-0.2, 0) is 16.1 Å². The molecule has 1 aromatic heterocycles. The third-order valence-electron chi connectivity index (χ3n) is 3.34. The highest BCUT2D eigenvalue weighted by atomic mass is 16.5. The number of benzene rings is 1. The fourth-order valence-corrected chi connectivity index (χ4v) is 2.19. The first-order valence-corrected chi connectivity index (χ1v) is 7.68. The Balaban J connectivity index is 2.23. The van der Waals surface area contributed by atoms with Crippen LogP contribution in [0.1, 0.15) is 23.2 Å². The Morgan fingerprint density at radius 3 is 2.62 bits per heavy atom. The van der Waals surface area contributed by atoms with E-state index in [1.807, 2.05) is 30.3 Å². The highest BCUT2D eigenvalue weighted by Gasteiger charge is 2.23. The van der Waals surface area contributed by atoms with Crippen LogP contribution in [0.2, 0.25) is 0 Å². The molecule has 2 rings (SSSR count). The number of hydrogen-bond donors (Lipinski definition) is 1. The number of aliphatic hydroxyl groups excluding tert-OH is 1. The van der Waals surface area contributed by atoms with Crippen LogP contribution in [0.5, 0.6) is 5.75 Å². The van der Waals surface area contributed by atoms with E-state index in [1.54, 1.807) is 14.0 Å². The van der Waals surface area contributed by atoms with Gasteiger partial charge in [0.05, 0.1) is 19.8 Å². The van der Waals surface area contributed by atoms with E-state index < -0.39 is 6.10 Å². The average Bonchev–Trinajstić information content (AvgIpc) is 2.58. The molecule has 0 saturated carbocycles. The molecule has 1 atom stereocenters. The molecule has 0 fully saturated rings. The molecule has 24 heavy (non-hydrogen) atoms. The molecule has 0 bridgehead atoms. The molecule has 1 N–H and O–H groups in total. The predicted octanol–water partition coefficient (Wildman–Crippen LogP) is 2.22. The maximum Gasteiger partial charge on any atom is 0.227 e. The van der Waals surface area contributed by atoms with Crippen LogP contribution in [-0.4, -0.2) is 32.0 Å². The lowest BCUT2D eigenvalue weighted by Crippen LogP contribution is -2.18. The van der Waals surface area contributed by atoms with E-state index in [0.717, 1.165) is 5.56 Å². The molecule has 0 radical (unpaired) electrons. The minimum atomic E-state index is -0.793. The smallest absolute Gasteiger partial charge is 0.227 e. The van der Waals surface area contributed by atoms with E-state index in [4.69, 9.17) is 18.6 Å². The molecule has 0 spiro atoms. The van der Waals surface area contributed by atoms with Crippen LogP contribution >= 0.6 is 0 Å². The molecular formula is C18H22O6. The summed E-state index contributed by atoms with van der Waals surface area (Å²) in [5, 5.41) is 9.59. The van der Waals surface area contributed by atoms with Gasteiger partial charge in [0.1, 0.15) is 18.5 Å². The minimum absolute atomic E-state index is 0.0564. The fraction of sp³-hybridized carbons (Fsp3) is 0.389. The van der Waals surface area contributed by atoms with E-state index in [0.29, 0.717) is 12.4 Å². The van der Waals surface area contributed by atoms with Crippen LogP contribution in [0, 0.1) is 6.92 Å². The van der Waals surface area contributed by atoms with Gasteiger partial charge in [-0.2, -0.15) is 0 Å². The largest absolute Gasteiger partial charge is 0.482 e. The molecule has 1 aromatic carbocycles. The Labute approximate surface area is 140 Å². The second-order valence-corrected chi connectivity index (χ2v) is 5.22. The molecule has 130 valence electrons. The molecule has 0 aliphatic rings. The number of hydrogen-bond acceptors (Lipinski definition) is 6. The average molecular weight is 334 g/mol. The summed E-state index contributed by atoms with van der Waals surface area (Å²) in [5.41, 5.74) is 0.614. The second kappa shape index (κ2) is 9.22. The minimum Gasteiger partial charge on any atom is -0.482 e. The SMILES string of the molecule is COCCOC(CO)c1oc(C)cc(=O)c1OCc1ccccc1. The second-order valence-electron chi connectivity index (χ2n) is 5.22. The lowest BCUT2D eigenvalue weighted by atomic mass is 10.2. The molecule has 0 amide bonds. The summed E-state index contributed by atoms with van der Waals surface area (Å²) < 4.78 is 21.7. The van der Waals surface area contributed by atoms with Crippen LogP contribution in [0.25, 0.3) is 0 Å². The Hall–Kier alpha value is -2.15. The van der Waals surface area contributed by atoms with Gasteiger partial charge >= 0.3 is 0 Å². The van der Waals surface area contributed by atoms with Gasteiger partial charge in [-0.1, -0.05) is 30.3 Å². The summed E-state index contributed by atoms with van der Waals surface area (Å²) in [5.74, 6) is 0.673. The van der Waals surface area contributed by atoms with Gasteiger partial charge in [0.2, 0.25) is 11.2 Å². The van der Waals surface area contributed by atoms with E-state index in [2.05, 4.69) is 0 Å². The third-order valence-corrected chi connectivity index (χ3v) is 3.34.